The molecule has 1 atom stereocenters. The highest BCUT2D eigenvalue weighted by atomic mass is 35.5. The second kappa shape index (κ2) is 12.6. The van der Waals surface area contributed by atoms with Gasteiger partial charge in [-0.15, -0.1) is 0 Å². The number of amides is 1. The molecule has 1 unspecified atom stereocenters. The van der Waals surface area contributed by atoms with Crippen molar-refractivity contribution in [3.05, 3.63) is 97.0 Å². The van der Waals surface area contributed by atoms with Crippen LogP contribution in [0, 0.1) is 5.82 Å². The maximum absolute atomic E-state index is 15.9. The SMILES string of the molecule is COc1nc(-c2cccc(-c3cccc(NC(=O)c4cn(C)c(=O)n(C)c4=O)c3F)c2Cl)cc2c1C(NC1CCOCC1)CC2. The number of methoxy groups -OCH3 is 1. The Labute approximate surface area is 263 Å². The van der Waals surface area contributed by atoms with Gasteiger partial charge >= 0.3 is 5.69 Å². The Hall–Kier alpha value is -4.32. The Balaban J connectivity index is 1.32. The van der Waals surface area contributed by atoms with Crippen LogP contribution in [0.5, 0.6) is 5.88 Å². The first-order valence-electron chi connectivity index (χ1n) is 14.7. The number of ether oxygens (including phenoxy) is 2. The van der Waals surface area contributed by atoms with E-state index in [1.165, 1.54) is 20.2 Å². The Morgan fingerprint density at radius 3 is 2.53 bits per heavy atom. The molecule has 1 saturated heterocycles. The number of aryl methyl sites for hydroxylation is 2. The molecule has 1 aliphatic carbocycles. The molecule has 0 bridgehead atoms. The van der Waals surface area contributed by atoms with Gasteiger partial charge in [-0.2, -0.15) is 0 Å². The van der Waals surface area contributed by atoms with E-state index in [9.17, 15) is 14.4 Å². The van der Waals surface area contributed by atoms with Crippen LogP contribution in [0.15, 0.2) is 58.3 Å². The highest BCUT2D eigenvalue weighted by Crippen LogP contribution is 2.43. The molecular formula is C33H33ClFN5O5. The van der Waals surface area contributed by atoms with Gasteiger partial charge in [-0.1, -0.05) is 41.9 Å². The number of fused-ring (bicyclic) bond motifs is 1. The number of carbonyl (C=O) groups excluding carboxylic acids is 1. The molecule has 6 rings (SSSR count). The minimum atomic E-state index is -0.846. The molecule has 1 aliphatic heterocycles. The van der Waals surface area contributed by atoms with Crippen LogP contribution < -0.4 is 26.6 Å². The zero-order valence-corrected chi connectivity index (χ0v) is 25.9. The lowest BCUT2D eigenvalue weighted by atomic mass is 9.98. The van der Waals surface area contributed by atoms with Crippen molar-refractivity contribution in [2.75, 3.05) is 25.6 Å². The number of benzene rings is 2. The zero-order valence-electron chi connectivity index (χ0n) is 25.2. The summed E-state index contributed by atoms with van der Waals surface area (Å²) in [5.41, 5.74) is 2.15. The van der Waals surface area contributed by atoms with Gasteiger partial charge in [-0.3, -0.25) is 14.2 Å². The predicted molar refractivity (Wildman–Crippen MR) is 170 cm³/mol. The van der Waals surface area contributed by atoms with Crippen LogP contribution in [0.4, 0.5) is 10.1 Å². The van der Waals surface area contributed by atoms with Gasteiger partial charge in [0.25, 0.3) is 11.5 Å². The number of halogens is 2. The van der Waals surface area contributed by atoms with Crippen molar-refractivity contribution in [1.29, 1.82) is 0 Å². The molecule has 10 nitrogen and oxygen atoms in total. The van der Waals surface area contributed by atoms with Gasteiger partial charge in [0.1, 0.15) is 5.56 Å². The second-order valence-electron chi connectivity index (χ2n) is 11.3. The topological polar surface area (TPSA) is 116 Å². The van der Waals surface area contributed by atoms with E-state index in [1.807, 2.05) is 12.1 Å². The molecule has 0 radical (unpaired) electrons. The summed E-state index contributed by atoms with van der Waals surface area (Å²) in [6, 6.07) is 12.4. The number of rotatable bonds is 7. The normalized spacial score (nSPS) is 16.4. The Morgan fingerprint density at radius 1 is 1.07 bits per heavy atom. The first-order valence-corrected chi connectivity index (χ1v) is 15.1. The fraction of sp³-hybridized carbons (Fsp3) is 0.333. The largest absolute Gasteiger partial charge is 0.481 e. The highest BCUT2D eigenvalue weighted by Gasteiger charge is 2.31. The molecule has 234 valence electrons. The summed E-state index contributed by atoms with van der Waals surface area (Å²) < 4.78 is 29.1. The van der Waals surface area contributed by atoms with Gasteiger partial charge in [0.05, 0.1) is 23.5 Å². The van der Waals surface area contributed by atoms with Crippen molar-refractivity contribution >= 4 is 23.2 Å². The maximum Gasteiger partial charge on any atom is 0.330 e. The quantitative estimate of drug-likeness (QED) is 0.305. The number of pyridine rings is 1. The molecule has 12 heteroatoms. The third-order valence-corrected chi connectivity index (χ3v) is 8.92. The predicted octanol–water partition coefficient (Wildman–Crippen LogP) is 4.62. The molecule has 2 aromatic heterocycles. The van der Waals surface area contributed by atoms with Crippen molar-refractivity contribution in [2.45, 2.75) is 37.8 Å². The Bertz CT molecular complexity index is 1920. The summed E-state index contributed by atoms with van der Waals surface area (Å²) >= 11 is 6.94. The number of anilines is 1. The average Bonchev–Trinajstić information content (AvgIpc) is 3.45. The van der Waals surface area contributed by atoms with Crippen molar-refractivity contribution in [3.63, 3.8) is 0 Å². The van der Waals surface area contributed by atoms with Crippen molar-refractivity contribution in [2.24, 2.45) is 14.1 Å². The summed E-state index contributed by atoms with van der Waals surface area (Å²) in [5.74, 6) is -1.04. The first-order chi connectivity index (χ1) is 21.7. The van der Waals surface area contributed by atoms with E-state index in [-0.39, 0.29) is 27.9 Å². The molecule has 2 N–H and O–H groups in total. The lowest BCUT2D eigenvalue weighted by Crippen LogP contribution is -2.40. The summed E-state index contributed by atoms with van der Waals surface area (Å²) in [6.45, 7) is 1.51. The van der Waals surface area contributed by atoms with Gasteiger partial charge in [0, 0.05) is 67.8 Å². The third-order valence-electron chi connectivity index (χ3n) is 8.51. The smallest absolute Gasteiger partial charge is 0.330 e. The van der Waals surface area contributed by atoms with E-state index in [1.54, 1.807) is 31.4 Å². The fourth-order valence-electron chi connectivity index (χ4n) is 6.14. The van der Waals surface area contributed by atoms with Gasteiger partial charge in [-0.05, 0) is 43.4 Å². The maximum atomic E-state index is 15.9. The van der Waals surface area contributed by atoms with Crippen LogP contribution in [-0.4, -0.2) is 46.4 Å². The molecule has 2 aromatic carbocycles. The van der Waals surface area contributed by atoms with Crippen LogP contribution in [0.3, 0.4) is 0 Å². The summed E-state index contributed by atoms with van der Waals surface area (Å²) in [4.78, 5) is 42.4. The Morgan fingerprint density at radius 2 is 1.78 bits per heavy atom. The molecule has 3 heterocycles. The van der Waals surface area contributed by atoms with Crippen LogP contribution >= 0.6 is 11.6 Å². The first kappa shape index (κ1) is 30.7. The van der Waals surface area contributed by atoms with E-state index >= 15 is 4.39 Å². The van der Waals surface area contributed by atoms with E-state index in [0.717, 1.165) is 65.4 Å². The summed E-state index contributed by atoms with van der Waals surface area (Å²) in [5, 5.41) is 6.52. The van der Waals surface area contributed by atoms with Crippen LogP contribution in [-0.2, 0) is 25.3 Å². The summed E-state index contributed by atoms with van der Waals surface area (Å²) in [7, 11) is 4.29. The van der Waals surface area contributed by atoms with Crippen LogP contribution in [0.1, 0.15) is 46.8 Å². The second-order valence-corrected chi connectivity index (χ2v) is 11.7. The number of nitrogens with one attached hydrogen (secondary N) is 2. The molecular weight excluding hydrogens is 601 g/mol. The number of hydrogen-bond acceptors (Lipinski definition) is 7. The molecule has 0 saturated carbocycles. The minimum Gasteiger partial charge on any atom is -0.481 e. The number of nitrogens with zero attached hydrogens (tertiary/aromatic N) is 3. The number of hydrogen-bond donors (Lipinski definition) is 2. The zero-order chi connectivity index (χ0) is 31.8. The molecule has 2 aliphatic rings. The highest BCUT2D eigenvalue weighted by molar-refractivity contribution is 6.36. The average molecular weight is 634 g/mol. The van der Waals surface area contributed by atoms with Crippen molar-refractivity contribution < 1.29 is 18.7 Å². The lowest BCUT2D eigenvalue weighted by molar-refractivity contribution is 0.0747. The number of aromatic nitrogens is 3. The van der Waals surface area contributed by atoms with Gasteiger partial charge < -0.3 is 24.7 Å². The molecule has 45 heavy (non-hydrogen) atoms. The molecule has 0 spiro atoms. The monoisotopic (exact) mass is 633 g/mol. The van der Waals surface area contributed by atoms with E-state index in [2.05, 4.69) is 10.6 Å². The fourth-order valence-corrected chi connectivity index (χ4v) is 6.47. The Kier molecular flexibility index (Phi) is 8.59. The molecule has 1 amide bonds. The van der Waals surface area contributed by atoms with Crippen molar-refractivity contribution in [3.8, 4) is 28.3 Å². The van der Waals surface area contributed by atoms with Crippen molar-refractivity contribution in [1.82, 2.24) is 19.4 Å². The molecule has 4 aromatic rings. The molecule has 1 fully saturated rings. The lowest BCUT2D eigenvalue weighted by Gasteiger charge is -2.27. The van der Waals surface area contributed by atoms with Gasteiger partial charge in [-0.25, -0.2) is 14.2 Å². The number of carbonyl (C=O) groups is 1. The summed E-state index contributed by atoms with van der Waals surface area (Å²) in [6.07, 6.45) is 4.85. The standard InChI is InChI=1S/C33H33ClFN5O5/c1-39-17-23(32(42)40(2)33(39)43)30(41)37-25-9-5-7-21(29(25)35)20-6-4-8-22(28(20)34)26-16-18-10-11-24(27(18)31(38-26)44-3)36-19-12-14-45-15-13-19/h4-9,16-17,19,24,36H,10-15H2,1-3H3,(H,37,41). The van der Waals surface area contributed by atoms with E-state index in [0.29, 0.717) is 28.7 Å². The van der Waals surface area contributed by atoms with Gasteiger partial charge in [0.2, 0.25) is 5.88 Å². The third kappa shape index (κ3) is 5.79. The van der Waals surface area contributed by atoms with E-state index < -0.39 is 23.0 Å². The van der Waals surface area contributed by atoms with E-state index in [4.69, 9.17) is 26.1 Å². The van der Waals surface area contributed by atoms with Crippen LogP contribution in [0.25, 0.3) is 22.4 Å². The minimum absolute atomic E-state index is 0.134. The van der Waals surface area contributed by atoms with Crippen LogP contribution in [0.2, 0.25) is 5.02 Å². The van der Waals surface area contributed by atoms with Gasteiger partial charge in [0.15, 0.2) is 5.82 Å².